The van der Waals surface area contributed by atoms with Crippen molar-refractivity contribution in [3.63, 3.8) is 0 Å². The van der Waals surface area contributed by atoms with E-state index in [9.17, 15) is 4.79 Å². The topological polar surface area (TPSA) is 53.4 Å². The second-order valence-electron chi connectivity index (χ2n) is 6.26. The highest BCUT2D eigenvalue weighted by Gasteiger charge is 2.29. The largest absolute Gasteiger partial charge is 0.478 e. The molecule has 4 nitrogen and oxygen atoms in total. The van der Waals surface area contributed by atoms with E-state index in [0.29, 0.717) is 5.92 Å². The Bertz CT molecular complexity index is 540. The molecule has 2 aliphatic rings. The Kier molecular flexibility index (Phi) is 4.40. The Hall–Kier alpha value is -1.20. The fraction of sp³-hybridized carbons (Fsp3) is 0.625. The van der Waals surface area contributed by atoms with Crippen LogP contribution in [-0.2, 0) is 11.3 Å². The van der Waals surface area contributed by atoms with Crippen molar-refractivity contribution in [2.75, 3.05) is 13.1 Å². The first-order chi connectivity index (χ1) is 10.1. The van der Waals surface area contributed by atoms with Crippen molar-refractivity contribution in [1.29, 1.82) is 0 Å². The van der Waals surface area contributed by atoms with E-state index in [1.165, 1.54) is 31.8 Å². The van der Waals surface area contributed by atoms with Gasteiger partial charge in [-0.3, -0.25) is 4.90 Å². The molecule has 21 heavy (non-hydrogen) atoms. The van der Waals surface area contributed by atoms with Crippen LogP contribution in [-0.4, -0.2) is 34.0 Å². The molecule has 0 radical (unpaired) electrons. The van der Waals surface area contributed by atoms with Crippen LogP contribution in [0.25, 0.3) is 6.08 Å². The number of hydrogen-bond donors (Lipinski definition) is 1. The molecule has 1 aliphatic carbocycles. The highest BCUT2D eigenvalue weighted by Crippen LogP contribution is 2.43. The number of nitrogens with zero attached hydrogens (tertiary/aromatic N) is 2. The summed E-state index contributed by atoms with van der Waals surface area (Å²) in [5.74, 6) is 0.509. The van der Waals surface area contributed by atoms with E-state index in [0.717, 1.165) is 41.1 Å². The maximum absolute atomic E-state index is 10.7. The molecule has 5 heteroatoms. The van der Waals surface area contributed by atoms with Crippen LogP contribution in [0.4, 0.5) is 0 Å². The van der Waals surface area contributed by atoms with Gasteiger partial charge in [-0.05, 0) is 50.8 Å². The van der Waals surface area contributed by atoms with Gasteiger partial charge in [0.2, 0.25) is 0 Å². The van der Waals surface area contributed by atoms with Crippen molar-refractivity contribution in [1.82, 2.24) is 9.88 Å². The van der Waals surface area contributed by atoms with E-state index in [4.69, 9.17) is 10.1 Å². The van der Waals surface area contributed by atoms with Crippen LogP contribution < -0.4 is 0 Å². The molecule has 114 valence electrons. The molecular weight excluding hydrogens is 284 g/mol. The first-order valence-corrected chi connectivity index (χ1v) is 8.56. The first kappa shape index (κ1) is 14.7. The number of hydrogen-bond acceptors (Lipinski definition) is 4. The van der Waals surface area contributed by atoms with Gasteiger partial charge >= 0.3 is 5.97 Å². The molecule has 1 saturated heterocycles. The first-order valence-electron chi connectivity index (χ1n) is 7.75. The van der Waals surface area contributed by atoms with Gasteiger partial charge in [-0.25, -0.2) is 9.78 Å². The van der Waals surface area contributed by atoms with Gasteiger partial charge in [0, 0.05) is 12.0 Å². The van der Waals surface area contributed by atoms with Crippen molar-refractivity contribution in [3.05, 3.63) is 21.7 Å². The van der Waals surface area contributed by atoms with E-state index in [1.807, 2.05) is 0 Å². The predicted octanol–water partition coefficient (Wildman–Crippen LogP) is 3.35. The number of thiazole rings is 1. The van der Waals surface area contributed by atoms with Crippen LogP contribution >= 0.6 is 11.3 Å². The molecule has 1 aliphatic heterocycles. The van der Waals surface area contributed by atoms with Crippen molar-refractivity contribution in [2.24, 2.45) is 5.92 Å². The summed E-state index contributed by atoms with van der Waals surface area (Å²) in [4.78, 5) is 19.0. The Morgan fingerprint density at radius 1 is 1.38 bits per heavy atom. The van der Waals surface area contributed by atoms with E-state index in [2.05, 4.69) is 11.8 Å². The van der Waals surface area contributed by atoms with Crippen LogP contribution in [0.5, 0.6) is 0 Å². The smallest absolute Gasteiger partial charge is 0.328 e. The Balaban J connectivity index is 1.70. The molecule has 1 N–H and O–H groups in total. The summed E-state index contributed by atoms with van der Waals surface area (Å²) in [6, 6.07) is 0. The monoisotopic (exact) mass is 306 g/mol. The molecule has 2 heterocycles. The number of likely N-dealkylation sites (tertiary alicyclic amines) is 1. The fourth-order valence-electron chi connectivity index (χ4n) is 2.79. The molecule has 1 aromatic rings. The van der Waals surface area contributed by atoms with E-state index >= 15 is 0 Å². The Labute approximate surface area is 129 Å². The molecule has 0 bridgehead atoms. The van der Waals surface area contributed by atoms with Crippen LogP contribution in [0.15, 0.2) is 6.08 Å². The molecule has 1 saturated carbocycles. The third kappa shape index (κ3) is 3.92. The molecule has 0 atom stereocenters. The second-order valence-corrected chi connectivity index (χ2v) is 7.38. The van der Waals surface area contributed by atoms with Crippen LogP contribution in [0.1, 0.15) is 54.1 Å². The maximum atomic E-state index is 10.7. The average molecular weight is 306 g/mol. The Morgan fingerprint density at radius 2 is 2.10 bits per heavy atom. The van der Waals surface area contributed by atoms with Gasteiger partial charge in [-0.15, -0.1) is 11.3 Å². The average Bonchev–Trinajstić information content (AvgIpc) is 3.21. The summed E-state index contributed by atoms with van der Waals surface area (Å²) in [6.07, 6.45) is 7.87. The van der Waals surface area contributed by atoms with Crippen molar-refractivity contribution < 1.29 is 9.90 Å². The zero-order chi connectivity index (χ0) is 14.8. The van der Waals surface area contributed by atoms with Crippen molar-refractivity contribution in [2.45, 2.75) is 45.1 Å². The molecular formula is C16H22N2O2S. The summed E-state index contributed by atoms with van der Waals surface area (Å²) < 4.78 is 0. The normalized spacial score (nSPS) is 21.2. The molecule has 2 fully saturated rings. The van der Waals surface area contributed by atoms with Crippen LogP contribution in [0, 0.1) is 5.92 Å². The van der Waals surface area contributed by atoms with Crippen molar-refractivity contribution in [3.8, 4) is 0 Å². The van der Waals surface area contributed by atoms with Crippen molar-refractivity contribution >= 4 is 23.4 Å². The summed E-state index contributed by atoms with van der Waals surface area (Å²) in [6.45, 7) is 5.54. The number of piperidine rings is 1. The van der Waals surface area contributed by atoms with Gasteiger partial charge in [0.25, 0.3) is 0 Å². The predicted molar refractivity (Wildman–Crippen MR) is 84.4 cm³/mol. The summed E-state index contributed by atoms with van der Waals surface area (Å²) in [7, 11) is 0. The lowest BCUT2D eigenvalue weighted by Crippen LogP contribution is -2.32. The van der Waals surface area contributed by atoms with E-state index in [1.54, 1.807) is 17.4 Å². The number of carboxylic acids is 1. The minimum atomic E-state index is -0.892. The molecule has 0 unspecified atom stereocenters. The minimum absolute atomic E-state index is 0.560. The number of carbonyl (C=O) groups is 1. The van der Waals surface area contributed by atoms with Crippen LogP contribution in [0.2, 0.25) is 0 Å². The summed E-state index contributed by atoms with van der Waals surface area (Å²) in [5.41, 5.74) is 1.12. The molecule has 0 amide bonds. The number of aliphatic carboxylic acids is 1. The SMILES string of the molecule is CC1CCN(Cc2nc(C3CC3)c(/C=C/C(=O)O)s2)CC1. The van der Waals surface area contributed by atoms with Crippen LogP contribution in [0.3, 0.4) is 0 Å². The lowest BCUT2D eigenvalue weighted by Gasteiger charge is -2.29. The molecule has 0 spiro atoms. The summed E-state index contributed by atoms with van der Waals surface area (Å²) >= 11 is 1.66. The zero-order valence-electron chi connectivity index (χ0n) is 12.4. The fourth-order valence-corrected chi connectivity index (χ4v) is 3.88. The maximum Gasteiger partial charge on any atom is 0.328 e. The van der Waals surface area contributed by atoms with Gasteiger partial charge in [0.1, 0.15) is 5.01 Å². The van der Waals surface area contributed by atoms with Gasteiger partial charge in [-0.2, -0.15) is 0 Å². The lowest BCUT2D eigenvalue weighted by molar-refractivity contribution is -0.131. The molecule has 3 rings (SSSR count). The number of aromatic nitrogens is 1. The molecule has 1 aromatic heterocycles. The summed E-state index contributed by atoms with van der Waals surface area (Å²) in [5, 5.41) is 9.94. The van der Waals surface area contributed by atoms with E-state index in [-0.39, 0.29) is 0 Å². The zero-order valence-corrected chi connectivity index (χ0v) is 13.2. The lowest BCUT2D eigenvalue weighted by atomic mass is 9.99. The quantitative estimate of drug-likeness (QED) is 0.848. The minimum Gasteiger partial charge on any atom is -0.478 e. The second kappa shape index (κ2) is 6.28. The van der Waals surface area contributed by atoms with Gasteiger partial charge in [0.05, 0.1) is 17.1 Å². The van der Waals surface area contributed by atoms with Gasteiger partial charge in [-0.1, -0.05) is 6.92 Å². The molecule has 0 aromatic carbocycles. The third-order valence-corrected chi connectivity index (χ3v) is 5.32. The van der Waals surface area contributed by atoms with Gasteiger partial charge in [0.15, 0.2) is 0 Å². The number of carboxylic acid groups (broad SMARTS) is 1. The third-order valence-electron chi connectivity index (χ3n) is 4.30. The standard InChI is InChI=1S/C16H22N2O2S/c1-11-6-8-18(9-7-11)10-14-17-16(12-2-3-12)13(21-14)4-5-15(19)20/h4-5,11-12H,2-3,6-10H2,1H3,(H,19,20)/b5-4+. The van der Waals surface area contributed by atoms with E-state index < -0.39 is 5.97 Å². The number of rotatable bonds is 5. The highest BCUT2D eigenvalue weighted by molar-refractivity contribution is 7.12. The van der Waals surface area contributed by atoms with Gasteiger partial charge < -0.3 is 5.11 Å². The highest BCUT2D eigenvalue weighted by atomic mass is 32.1. The Morgan fingerprint density at radius 3 is 2.71 bits per heavy atom.